The molecule has 0 spiro atoms. The molecule has 5 nitrogen and oxygen atoms in total. The monoisotopic (exact) mass is 389 g/mol. The van der Waals surface area contributed by atoms with Crippen LogP contribution in [-0.2, 0) is 9.53 Å². The molecule has 148 valence electrons. The predicted molar refractivity (Wildman–Crippen MR) is 111 cm³/mol. The van der Waals surface area contributed by atoms with Crippen molar-refractivity contribution in [2.75, 3.05) is 7.11 Å². The van der Waals surface area contributed by atoms with E-state index in [2.05, 4.69) is 17.2 Å². The maximum atomic E-state index is 12.0. The number of carbonyl (C=O) groups is 2. The Bertz CT molecular complexity index is 970. The zero-order valence-electron chi connectivity index (χ0n) is 16.4. The van der Waals surface area contributed by atoms with Gasteiger partial charge in [0.2, 0.25) is 0 Å². The summed E-state index contributed by atoms with van der Waals surface area (Å²) in [6.45, 7) is 1.56. The van der Waals surface area contributed by atoms with Crippen molar-refractivity contribution in [2.24, 2.45) is 0 Å². The topological polar surface area (TPSA) is 75.6 Å². The van der Waals surface area contributed by atoms with E-state index in [0.717, 1.165) is 41.5 Å². The van der Waals surface area contributed by atoms with Gasteiger partial charge in [-0.2, -0.15) is 0 Å². The Morgan fingerprint density at radius 2 is 1.62 bits per heavy atom. The van der Waals surface area contributed by atoms with Gasteiger partial charge in [0, 0.05) is 22.4 Å². The van der Waals surface area contributed by atoms with E-state index in [0.29, 0.717) is 5.56 Å². The zero-order valence-corrected chi connectivity index (χ0v) is 16.4. The number of aliphatic hydroxyl groups is 1. The van der Waals surface area contributed by atoms with Gasteiger partial charge in [0.25, 0.3) is 0 Å². The first-order chi connectivity index (χ1) is 14.0. The summed E-state index contributed by atoms with van der Waals surface area (Å²) >= 11 is 0. The highest BCUT2D eigenvalue weighted by Gasteiger charge is 2.28. The maximum Gasteiger partial charge on any atom is 0.330 e. The molecule has 1 aliphatic rings. The predicted octanol–water partition coefficient (Wildman–Crippen LogP) is 2.92. The van der Waals surface area contributed by atoms with Gasteiger partial charge in [-0.25, -0.2) is 4.79 Å². The molecule has 0 heterocycles. The molecule has 1 aliphatic carbocycles. The Hall–Kier alpha value is -3.36. The highest BCUT2D eigenvalue weighted by atomic mass is 16.5. The minimum Gasteiger partial charge on any atom is -0.467 e. The number of allylic oxidation sites excluding steroid dienone is 1. The first kappa shape index (κ1) is 20.4. The van der Waals surface area contributed by atoms with Gasteiger partial charge < -0.3 is 15.2 Å². The second-order valence-corrected chi connectivity index (χ2v) is 6.93. The second kappa shape index (κ2) is 9.22. The molecule has 2 N–H and O–H groups in total. The van der Waals surface area contributed by atoms with Crippen LogP contribution in [0, 0.1) is 11.8 Å². The lowest BCUT2D eigenvalue weighted by molar-refractivity contribution is -0.145. The van der Waals surface area contributed by atoms with E-state index in [1.165, 1.54) is 12.7 Å². The summed E-state index contributed by atoms with van der Waals surface area (Å²) in [5, 5.41) is 13.1. The summed E-state index contributed by atoms with van der Waals surface area (Å²) in [5.41, 5.74) is 5.33. The van der Waals surface area contributed by atoms with Crippen molar-refractivity contribution in [3.63, 3.8) is 0 Å². The number of methoxy groups -OCH3 is 1. The van der Waals surface area contributed by atoms with Gasteiger partial charge >= 0.3 is 5.97 Å². The fourth-order valence-corrected chi connectivity index (χ4v) is 2.87. The molecule has 0 aromatic heterocycles. The lowest BCUT2D eigenvalue weighted by atomic mass is 10.1. The Balaban J connectivity index is 1.77. The maximum absolute atomic E-state index is 12.0. The standard InChI is InChI=1S/C24H23NO4/c1-16(27)22(24(28)29-2)25-23(21-13-14-21)20-11-9-18(10-12-20)4-3-17-5-7-19(15-26)8-6-17/h5-12,15-16,22,25,27H,13-14H2,1-2H3. The molecule has 1 fully saturated rings. The molecule has 5 heteroatoms. The van der Waals surface area contributed by atoms with Gasteiger partial charge in [0.15, 0.2) is 6.04 Å². The molecule has 2 aromatic rings. The van der Waals surface area contributed by atoms with Crippen LogP contribution in [0.1, 0.15) is 46.8 Å². The summed E-state index contributed by atoms with van der Waals surface area (Å²) in [6.07, 6.45) is 1.86. The number of carbonyl (C=O) groups excluding carboxylic acids is 2. The third-order valence-corrected chi connectivity index (χ3v) is 4.66. The van der Waals surface area contributed by atoms with Crippen molar-refractivity contribution in [1.29, 1.82) is 0 Å². The number of benzene rings is 2. The third kappa shape index (κ3) is 5.34. The number of esters is 1. The summed E-state index contributed by atoms with van der Waals surface area (Å²) in [6, 6.07) is 14.0. The quantitative estimate of drug-likeness (QED) is 0.451. The Morgan fingerprint density at radius 3 is 2.07 bits per heavy atom. The summed E-state index contributed by atoms with van der Waals surface area (Å²) in [4.78, 5) is 22.7. The molecular weight excluding hydrogens is 366 g/mol. The van der Waals surface area contributed by atoms with E-state index >= 15 is 0 Å². The largest absolute Gasteiger partial charge is 0.467 e. The highest BCUT2D eigenvalue weighted by Crippen LogP contribution is 2.35. The Kier molecular flexibility index (Phi) is 6.48. The number of aldehydes is 1. The number of hydrogen-bond donors (Lipinski definition) is 2. The number of hydrogen-bond acceptors (Lipinski definition) is 5. The number of ether oxygens (including phenoxy) is 1. The van der Waals surface area contributed by atoms with E-state index < -0.39 is 18.1 Å². The van der Waals surface area contributed by atoms with Gasteiger partial charge in [-0.3, -0.25) is 4.79 Å². The van der Waals surface area contributed by atoms with E-state index in [-0.39, 0.29) is 0 Å². The molecule has 3 rings (SSSR count). The average molecular weight is 389 g/mol. The average Bonchev–Trinajstić information content (AvgIpc) is 3.58. The van der Waals surface area contributed by atoms with Crippen molar-refractivity contribution >= 4 is 18.0 Å². The first-order valence-electron chi connectivity index (χ1n) is 9.44. The van der Waals surface area contributed by atoms with Crippen LogP contribution in [0.4, 0.5) is 0 Å². The molecule has 1 saturated carbocycles. The van der Waals surface area contributed by atoms with Crippen molar-refractivity contribution in [3.8, 4) is 11.8 Å². The Labute approximate surface area is 170 Å². The molecule has 29 heavy (non-hydrogen) atoms. The molecule has 0 amide bonds. The van der Waals surface area contributed by atoms with Gasteiger partial charge in [-0.05, 0) is 55.2 Å². The van der Waals surface area contributed by atoms with Crippen LogP contribution in [0.15, 0.2) is 54.1 Å². The highest BCUT2D eigenvalue weighted by molar-refractivity contribution is 5.81. The van der Waals surface area contributed by atoms with Gasteiger partial charge in [0.05, 0.1) is 13.2 Å². The molecule has 2 unspecified atom stereocenters. The minimum absolute atomic E-state index is 0.498. The van der Waals surface area contributed by atoms with E-state index in [1.54, 1.807) is 19.1 Å². The smallest absolute Gasteiger partial charge is 0.330 e. The van der Waals surface area contributed by atoms with Crippen LogP contribution in [0.3, 0.4) is 0 Å². The van der Waals surface area contributed by atoms with Crippen LogP contribution < -0.4 is 5.32 Å². The first-order valence-corrected chi connectivity index (χ1v) is 9.44. The molecular formula is C24H23NO4. The van der Waals surface area contributed by atoms with Crippen molar-refractivity contribution in [1.82, 2.24) is 5.32 Å². The number of rotatable bonds is 6. The SMILES string of the molecule is COC(=O)C(NC(=C1CC1)c1ccc(C#Cc2ccc(C=O)cc2)cc1)C(C)O. The number of nitrogens with one attached hydrogen (secondary N) is 1. The van der Waals surface area contributed by atoms with Crippen molar-refractivity contribution < 1.29 is 19.4 Å². The van der Waals surface area contributed by atoms with Gasteiger partial charge in [0.1, 0.15) is 6.29 Å². The van der Waals surface area contributed by atoms with E-state index in [4.69, 9.17) is 4.74 Å². The molecule has 2 aromatic carbocycles. The van der Waals surface area contributed by atoms with Crippen LogP contribution in [0.25, 0.3) is 5.70 Å². The summed E-state index contributed by atoms with van der Waals surface area (Å²) in [5.74, 6) is 5.69. The third-order valence-electron chi connectivity index (χ3n) is 4.66. The van der Waals surface area contributed by atoms with Gasteiger partial charge in [-0.1, -0.05) is 36.1 Å². The lowest BCUT2D eigenvalue weighted by Gasteiger charge is -2.22. The molecule has 0 saturated heterocycles. The van der Waals surface area contributed by atoms with Crippen molar-refractivity contribution in [3.05, 3.63) is 76.4 Å². The normalized spacial score (nSPS) is 14.1. The Morgan fingerprint density at radius 1 is 1.07 bits per heavy atom. The molecule has 0 bridgehead atoms. The number of aliphatic hydroxyl groups excluding tert-OH is 1. The lowest BCUT2D eigenvalue weighted by Crippen LogP contribution is -2.44. The molecule has 0 radical (unpaired) electrons. The summed E-state index contributed by atoms with van der Waals surface area (Å²) < 4.78 is 4.80. The van der Waals surface area contributed by atoms with Crippen LogP contribution in [0.2, 0.25) is 0 Å². The molecule has 2 atom stereocenters. The van der Waals surface area contributed by atoms with Crippen LogP contribution in [-0.4, -0.2) is 36.6 Å². The van der Waals surface area contributed by atoms with Gasteiger partial charge in [-0.15, -0.1) is 0 Å². The fourth-order valence-electron chi connectivity index (χ4n) is 2.87. The van der Waals surface area contributed by atoms with Crippen LogP contribution in [0.5, 0.6) is 0 Å². The second-order valence-electron chi connectivity index (χ2n) is 6.93. The molecule has 0 aliphatic heterocycles. The fraction of sp³-hybridized carbons (Fsp3) is 0.250. The van der Waals surface area contributed by atoms with Crippen molar-refractivity contribution in [2.45, 2.75) is 31.9 Å². The van der Waals surface area contributed by atoms with E-state index in [1.807, 2.05) is 36.4 Å². The zero-order chi connectivity index (χ0) is 20.8. The minimum atomic E-state index is -0.882. The summed E-state index contributed by atoms with van der Waals surface area (Å²) in [7, 11) is 1.31. The van der Waals surface area contributed by atoms with Crippen LogP contribution >= 0.6 is 0 Å². The van der Waals surface area contributed by atoms with E-state index in [9.17, 15) is 14.7 Å².